The molecule has 9 nitrogen and oxygen atoms in total. The zero-order valence-corrected chi connectivity index (χ0v) is 21.0. The number of fused-ring (bicyclic) bond motifs is 1. The third kappa shape index (κ3) is 4.93. The van der Waals surface area contributed by atoms with Gasteiger partial charge in [-0.2, -0.15) is 11.3 Å². The van der Waals surface area contributed by atoms with Crippen LogP contribution in [0.2, 0.25) is 0 Å². The highest BCUT2D eigenvalue weighted by atomic mass is 32.1. The molecule has 0 spiro atoms. The van der Waals surface area contributed by atoms with Crippen LogP contribution in [0.4, 0.5) is 0 Å². The van der Waals surface area contributed by atoms with Crippen LogP contribution in [0.1, 0.15) is 55.1 Å². The first-order valence-electron chi connectivity index (χ1n) is 11.3. The lowest BCUT2D eigenvalue weighted by Crippen LogP contribution is -2.41. The van der Waals surface area contributed by atoms with Crippen molar-refractivity contribution < 1.29 is 19.1 Å². The van der Waals surface area contributed by atoms with E-state index in [1.165, 1.54) is 22.7 Å². The lowest BCUT2D eigenvalue weighted by Gasteiger charge is -2.31. The van der Waals surface area contributed by atoms with Crippen molar-refractivity contribution in [1.29, 1.82) is 0 Å². The second-order valence-electron chi connectivity index (χ2n) is 8.28. The first-order chi connectivity index (χ1) is 17.5. The van der Waals surface area contributed by atoms with Crippen LogP contribution in [0.15, 0.2) is 52.5 Å². The quantitative estimate of drug-likeness (QED) is 0.386. The number of benzene rings is 1. The van der Waals surface area contributed by atoms with Crippen molar-refractivity contribution in [3.05, 3.63) is 74.5 Å². The maximum Gasteiger partial charge on any atom is 0.289 e. The van der Waals surface area contributed by atoms with Crippen LogP contribution in [0.3, 0.4) is 0 Å². The molecule has 1 saturated heterocycles. The second-order valence-corrected chi connectivity index (χ2v) is 9.95. The number of ether oxygens (including phenoxy) is 1. The van der Waals surface area contributed by atoms with Crippen LogP contribution in [-0.4, -0.2) is 52.8 Å². The number of piperidine rings is 1. The SMILES string of the molecule is COc1cc(C(=O)N2CCC(c3nc(C(=O)NNC(=O)c4ccsc4)cs3)CC2)nc2ccccc12. The number of rotatable bonds is 5. The number of aromatic nitrogens is 2. The number of thiophene rings is 1. The van der Waals surface area contributed by atoms with Crippen molar-refractivity contribution in [2.45, 2.75) is 18.8 Å². The Labute approximate surface area is 215 Å². The third-order valence-corrected chi connectivity index (χ3v) is 7.77. The summed E-state index contributed by atoms with van der Waals surface area (Å²) >= 11 is 2.82. The minimum absolute atomic E-state index is 0.127. The number of carbonyl (C=O) groups excluding carboxylic acids is 3. The normalized spacial score (nSPS) is 14.0. The van der Waals surface area contributed by atoms with Crippen LogP contribution in [0.25, 0.3) is 10.9 Å². The molecular formula is C25H23N5O4S2. The molecule has 184 valence electrons. The zero-order valence-electron chi connectivity index (χ0n) is 19.4. The Balaban J connectivity index is 1.18. The van der Waals surface area contributed by atoms with E-state index in [4.69, 9.17) is 4.74 Å². The number of likely N-dealkylation sites (tertiary alicyclic amines) is 1. The van der Waals surface area contributed by atoms with Crippen LogP contribution in [-0.2, 0) is 0 Å². The summed E-state index contributed by atoms with van der Waals surface area (Å²) in [4.78, 5) is 48.4. The molecule has 2 N–H and O–H groups in total. The fraction of sp³-hybridized carbons (Fsp3) is 0.240. The molecule has 1 fully saturated rings. The molecule has 5 rings (SSSR count). The monoisotopic (exact) mass is 521 g/mol. The van der Waals surface area contributed by atoms with Gasteiger partial charge in [0.2, 0.25) is 0 Å². The van der Waals surface area contributed by atoms with Gasteiger partial charge in [0.1, 0.15) is 17.1 Å². The Morgan fingerprint density at radius 2 is 1.78 bits per heavy atom. The topological polar surface area (TPSA) is 114 Å². The molecule has 11 heteroatoms. The highest BCUT2D eigenvalue weighted by molar-refractivity contribution is 7.10. The van der Waals surface area contributed by atoms with E-state index >= 15 is 0 Å². The molecule has 36 heavy (non-hydrogen) atoms. The number of hydrogen-bond donors (Lipinski definition) is 2. The minimum Gasteiger partial charge on any atom is -0.496 e. The minimum atomic E-state index is -0.468. The van der Waals surface area contributed by atoms with Gasteiger partial charge in [-0.1, -0.05) is 12.1 Å². The lowest BCUT2D eigenvalue weighted by molar-refractivity contribution is 0.0706. The molecular weight excluding hydrogens is 498 g/mol. The van der Waals surface area contributed by atoms with E-state index in [2.05, 4.69) is 20.8 Å². The Kier molecular flexibility index (Phi) is 6.92. The molecule has 1 aromatic carbocycles. The summed E-state index contributed by atoms with van der Waals surface area (Å²) in [5.74, 6) is -0.197. The first-order valence-corrected chi connectivity index (χ1v) is 13.2. The second kappa shape index (κ2) is 10.4. The van der Waals surface area contributed by atoms with Crippen LogP contribution in [0.5, 0.6) is 5.75 Å². The van der Waals surface area contributed by atoms with Crippen molar-refractivity contribution in [2.24, 2.45) is 0 Å². The number of hydrogen-bond acceptors (Lipinski definition) is 8. The predicted molar refractivity (Wildman–Crippen MR) is 138 cm³/mol. The molecule has 0 atom stereocenters. The van der Waals surface area contributed by atoms with Gasteiger partial charge in [-0.15, -0.1) is 11.3 Å². The van der Waals surface area contributed by atoms with E-state index in [1.807, 2.05) is 24.3 Å². The predicted octanol–water partition coefficient (Wildman–Crippen LogP) is 3.86. The number of amides is 3. The van der Waals surface area contributed by atoms with Gasteiger partial charge in [0.05, 0.1) is 23.2 Å². The molecule has 0 bridgehead atoms. The van der Waals surface area contributed by atoms with E-state index in [0.29, 0.717) is 30.1 Å². The molecule has 0 radical (unpaired) electrons. The highest BCUT2D eigenvalue weighted by Gasteiger charge is 2.28. The molecule has 0 aliphatic carbocycles. The van der Waals surface area contributed by atoms with Gasteiger partial charge in [-0.3, -0.25) is 25.2 Å². The maximum absolute atomic E-state index is 13.2. The van der Waals surface area contributed by atoms with E-state index in [-0.39, 0.29) is 23.4 Å². The van der Waals surface area contributed by atoms with Crippen molar-refractivity contribution in [3.8, 4) is 5.75 Å². The van der Waals surface area contributed by atoms with E-state index in [9.17, 15) is 14.4 Å². The Morgan fingerprint density at radius 1 is 1.00 bits per heavy atom. The van der Waals surface area contributed by atoms with Crippen molar-refractivity contribution in [3.63, 3.8) is 0 Å². The Hall–Kier alpha value is -3.83. The first kappa shape index (κ1) is 23.9. The van der Waals surface area contributed by atoms with Gasteiger partial charge < -0.3 is 9.64 Å². The fourth-order valence-electron chi connectivity index (χ4n) is 4.14. The summed E-state index contributed by atoms with van der Waals surface area (Å²) < 4.78 is 5.48. The molecule has 1 aliphatic heterocycles. The lowest BCUT2D eigenvalue weighted by atomic mass is 9.97. The summed E-state index contributed by atoms with van der Waals surface area (Å²) in [5.41, 5.74) is 6.63. The highest BCUT2D eigenvalue weighted by Crippen LogP contribution is 2.31. The third-order valence-electron chi connectivity index (χ3n) is 6.08. The number of nitrogens with one attached hydrogen (secondary N) is 2. The van der Waals surface area contributed by atoms with Gasteiger partial charge in [-0.25, -0.2) is 9.97 Å². The Morgan fingerprint density at radius 3 is 2.53 bits per heavy atom. The largest absolute Gasteiger partial charge is 0.496 e. The van der Waals surface area contributed by atoms with Gasteiger partial charge in [0.25, 0.3) is 17.7 Å². The van der Waals surface area contributed by atoms with Crippen molar-refractivity contribution in [2.75, 3.05) is 20.2 Å². The van der Waals surface area contributed by atoms with Crippen molar-refractivity contribution >= 4 is 51.3 Å². The maximum atomic E-state index is 13.2. The number of methoxy groups -OCH3 is 1. The number of para-hydroxylation sites is 1. The number of thiazole rings is 1. The average Bonchev–Trinajstić information content (AvgIpc) is 3.64. The van der Waals surface area contributed by atoms with E-state index in [1.54, 1.807) is 40.3 Å². The number of pyridine rings is 1. The molecule has 4 aromatic rings. The van der Waals surface area contributed by atoms with Gasteiger partial charge in [0, 0.05) is 41.2 Å². The molecule has 1 aliphatic rings. The molecule has 0 saturated carbocycles. The van der Waals surface area contributed by atoms with Crippen LogP contribution >= 0.6 is 22.7 Å². The summed E-state index contributed by atoms with van der Waals surface area (Å²) in [7, 11) is 1.59. The van der Waals surface area contributed by atoms with Crippen LogP contribution in [0, 0.1) is 0 Å². The Bertz CT molecular complexity index is 1410. The zero-order chi connectivity index (χ0) is 25.1. The van der Waals surface area contributed by atoms with E-state index in [0.717, 1.165) is 28.8 Å². The summed E-state index contributed by atoms with van der Waals surface area (Å²) in [5, 5.41) is 6.89. The summed E-state index contributed by atoms with van der Waals surface area (Å²) in [6.45, 7) is 1.14. The standard InChI is InChI=1S/C25H23N5O4S2/c1-34-21-12-19(26-18-5-3-2-4-17(18)21)25(33)30-9-6-15(7-10-30)24-27-20(14-36-24)23(32)29-28-22(31)16-8-11-35-13-16/h2-5,8,11-15H,6-7,9-10H2,1H3,(H,28,31)(H,29,32). The van der Waals surface area contributed by atoms with Gasteiger partial charge in [-0.05, 0) is 36.4 Å². The number of hydrazine groups is 1. The summed E-state index contributed by atoms with van der Waals surface area (Å²) in [6.07, 6.45) is 1.47. The molecule has 3 amide bonds. The van der Waals surface area contributed by atoms with Gasteiger partial charge in [0.15, 0.2) is 0 Å². The number of nitrogens with zero attached hydrogens (tertiary/aromatic N) is 3. The van der Waals surface area contributed by atoms with Gasteiger partial charge >= 0.3 is 0 Å². The number of carbonyl (C=O) groups is 3. The fourth-order valence-corrected chi connectivity index (χ4v) is 5.74. The molecule has 0 unspecified atom stereocenters. The van der Waals surface area contributed by atoms with Crippen LogP contribution < -0.4 is 15.6 Å². The molecule has 3 aromatic heterocycles. The smallest absolute Gasteiger partial charge is 0.289 e. The van der Waals surface area contributed by atoms with E-state index < -0.39 is 5.91 Å². The summed E-state index contributed by atoms with van der Waals surface area (Å²) in [6, 6.07) is 10.9. The average molecular weight is 522 g/mol. The van der Waals surface area contributed by atoms with Crippen molar-refractivity contribution in [1.82, 2.24) is 25.7 Å². The molecule has 4 heterocycles.